The van der Waals surface area contributed by atoms with Crippen molar-refractivity contribution in [3.05, 3.63) is 69.0 Å². The van der Waals surface area contributed by atoms with Crippen LogP contribution in [0.3, 0.4) is 0 Å². The molecule has 0 aromatic heterocycles. The molecule has 0 aliphatic rings. The molecule has 0 fully saturated rings. The van der Waals surface area contributed by atoms with Gasteiger partial charge in [-0.1, -0.05) is 28.1 Å². The number of nitrogens with two attached hydrogens (primary N) is 1. The van der Waals surface area contributed by atoms with Gasteiger partial charge in [0.05, 0.1) is 6.61 Å². The van der Waals surface area contributed by atoms with Crippen molar-refractivity contribution in [2.45, 2.75) is 13.3 Å². The molecule has 4 nitrogen and oxygen atoms in total. The van der Waals surface area contributed by atoms with E-state index in [-0.39, 0.29) is 11.4 Å². The number of hydrogen-bond donors (Lipinski definition) is 1. The van der Waals surface area contributed by atoms with Crippen molar-refractivity contribution in [3.8, 4) is 11.8 Å². The van der Waals surface area contributed by atoms with Crippen molar-refractivity contribution >= 4 is 27.9 Å². The van der Waals surface area contributed by atoms with Gasteiger partial charge in [0.15, 0.2) is 0 Å². The summed E-state index contributed by atoms with van der Waals surface area (Å²) in [7, 11) is 0. The molecule has 128 valence electrons. The first-order chi connectivity index (χ1) is 11.9. The fourth-order valence-corrected chi connectivity index (χ4v) is 2.95. The Kier molecular flexibility index (Phi) is 6.31. The highest BCUT2D eigenvalue weighted by Gasteiger charge is 2.13. The van der Waals surface area contributed by atoms with Crippen molar-refractivity contribution in [2.24, 2.45) is 5.73 Å². The molecule has 0 saturated heterocycles. The third-order valence-electron chi connectivity index (χ3n) is 3.44. The molecule has 0 radical (unpaired) electrons. The molecule has 6 heteroatoms. The van der Waals surface area contributed by atoms with Crippen LogP contribution in [0.25, 0.3) is 6.08 Å². The number of carbonyl (C=O) groups excluding carboxylic acids is 1. The minimum atomic E-state index is -0.791. The molecule has 25 heavy (non-hydrogen) atoms. The maximum absolute atomic E-state index is 13.4. The van der Waals surface area contributed by atoms with Gasteiger partial charge < -0.3 is 10.5 Å². The summed E-state index contributed by atoms with van der Waals surface area (Å²) in [5.41, 5.74) is 7.28. The van der Waals surface area contributed by atoms with Gasteiger partial charge in [0.2, 0.25) is 0 Å². The van der Waals surface area contributed by atoms with Crippen molar-refractivity contribution in [1.29, 1.82) is 5.26 Å². The predicted molar refractivity (Wildman–Crippen MR) is 97.3 cm³/mol. The largest absolute Gasteiger partial charge is 0.494 e. The topological polar surface area (TPSA) is 76.1 Å². The van der Waals surface area contributed by atoms with Crippen LogP contribution in [-0.2, 0) is 11.2 Å². The average Bonchev–Trinajstić information content (AvgIpc) is 2.56. The molecule has 0 aliphatic heterocycles. The Hall–Kier alpha value is -2.65. The molecule has 2 rings (SSSR count). The van der Waals surface area contributed by atoms with E-state index < -0.39 is 5.91 Å². The molecule has 0 bridgehead atoms. The van der Waals surface area contributed by atoms with Crippen LogP contribution in [-0.4, -0.2) is 12.5 Å². The van der Waals surface area contributed by atoms with Crippen LogP contribution < -0.4 is 10.5 Å². The Bertz CT molecular complexity index is 872. The van der Waals surface area contributed by atoms with Gasteiger partial charge in [0.25, 0.3) is 5.91 Å². The molecular weight excluding hydrogens is 387 g/mol. The van der Waals surface area contributed by atoms with E-state index in [1.807, 2.05) is 13.0 Å². The molecule has 0 heterocycles. The smallest absolute Gasteiger partial charge is 0.259 e. The highest BCUT2D eigenvalue weighted by molar-refractivity contribution is 9.10. The SMILES string of the molecule is CCOc1cc(/C=C(\C#N)C(N)=O)cc(Br)c1Cc1cccc(F)c1. The van der Waals surface area contributed by atoms with Gasteiger partial charge in [-0.15, -0.1) is 0 Å². The van der Waals surface area contributed by atoms with Crippen LogP contribution in [0.4, 0.5) is 4.39 Å². The van der Waals surface area contributed by atoms with Gasteiger partial charge >= 0.3 is 0 Å². The number of nitriles is 1. The van der Waals surface area contributed by atoms with E-state index in [4.69, 9.17) is 15.7 Å². The monoisotopic (exact) mass is 402 g/mol. The summed E-state index contributed by atoms with van der Waals surface area (Å²) in [5, 5.41) is 8.98. The van der Waals surface area contributed by atoms with Crippen LogP contribution in [0, 0.1) is 17.1 Å². The lowest BCUT2D eigenvalue weighted by molar-refractivity contribution is -0.114. The molecular formula is C19H16BrFN2O2. The fourth-order valence-electron chi connectivity index (χ4n) is 2.35. The number of ether oxygens (including phenoxy) is 1. The summed E-state index contributed by atoms with van der Waals surface area (Å²) < 4.78 is 19.8. The molecule has 0 spiro atoms. The second kappa shape index (κ2) is 8.45. The average molecular weight is 403 g/mol. The van der Waals surface area contributed by atoms with Gasteiger partial charge in [-0.3, -0.25) is 4.79 Å². The standard InChI is InChI=1S/C19H16BrFN2O2/c1-2-25-18-10-13(6-14(11-22)19(23)24)9-17(20)16(18)8-12-4-3-5-15(21)7-12/h3-7,9-10H,2,8H2,1H3,(H2,23,24)/b14-6+. The van der Waals surface area contributed by atoms with Crippen LogP contribution in [0.2, 0.25) is 0 Å². The Morgan fingerprint density at radius 3 is 2.76 bits per heavy atom. The lowest BCUT2D eigenvalue weighted by Gasteiger charge is -2.14. The van der Waals surface area contributed by atoms with E-state index in [9.17, 15) is 9.18 Å². The first kappa shape index (κ1) is 18.7. The minimum Gasteiger partial charge on any atom is -0.494 e. The Balaban J connectivity index is 2.47. The number of primary amides is 1. The summed E-state index contributed by atoms with van der Waals surface area (Å²) in [6.45, 7) is 2.29. The number of benzene rings is 2. The van der Waals surface area contributed by atoms with Crippen molar-refractivity contribution in [1.82, 2.24) is 0 Å². The number of hydrogen-bond acceptors (Lipinski definition) is 3. The highest BCUT2D eigenvalue weighted by atomic mass is 79.9. The lowest BCUT2D eigenvalue weighted by atomic mass is 10.0. The van der Waals surface area contributed by atoms with Crippen molar-refractivity contribution < 1.29 is 13.9 Å². The zero-order valence-electron chi connectivity index (χ0n) is 13.6. The Labute approximate surface area is 153 Å². The lowest BCUT2D eigenvalue weighted by Crippen LogP contribution is -2.12. The number of rotatable bonds is 6. The Morgan fingerprint density at radius 2 is 2.16 bits per heavy atom. The molecule has 2 aromatic rings. The second-order valence-electron chi connectivity index (χ2n) is 5.25. The third-order valence-corrected chi connectivity index (χ3v) is 4.15. The number of amides is 1. The molecule has 2 N–H and O–H groups in total. The predicted octanol–water partition coefficient (Wildman–Crippen LogP) is 3.97. The summed E-state index contributed by atoms with van der Waals surface area (Å²) in [4.78, 5) is 11.2. The van der Waals surface area contributed by atoms with Gasteiger partial charge in [-0.2, -0.15) is 5.26 Å². The first-order valence-corrected chi connectivity index (χ1v) is 8.35. The molecule has 1 amide bonds. The zero-order valence-corrected chi connectivity index (χ0v) is 15.1. The zero-order chi connectivity index (χ0) is 18.4. The summed E-state index contributed by atoms with van der Waals surface area (Å²) >= 11 is 3.49. The number of carbonyl (C=O) groups is 1. The summed E-state index contributed by atoms with van der Waals surface area (Å²) in [6, 6.07) is 11.6. The van der Waals surface area contributed by atoms with Crippen LogP contribution in [0.15, 0.2) is 46.4 Å². The Morgan fingerprint density at radius 1 is 1.40 bits per heavy atom. The minimum absolute atomic E-state index is 0.146. The van der Waals surface area contributed by atoms with Gasteiger partial charge in [-0.25, -0.2) is 4.39 Å². The highest BCUT2D eigenvalue weighted by Crippen LogP contribution is 2.32. The molecule has 2 aromatic carbocycles. The normalized spacial score (nSPS) is 11.0. The number of halogens is 2. The fraction of sp³-hybridized carbons (Fsp3) is 0.158. The van der Waals surface area contributed by atoms with E-state index in [2.05, 4.69) is 15.9 Å². The van der Waals surface area contributed by atoms with Crippen molar-refractivity contribution in [2.75, 3.05) is 6.61 Å². The quantitative estimate of drug-likeness (QED) is 0.586. The maximum Gasteiger partial charge on any atom is 0.259 e. The molecule has 0 atom stereocenters. The molecule has 0 aliphatic carbocycles. The first-order valence-electron chi connectivity index (χ1n) is 7.55. The van der Waals surface area contributed by atoms with E-state index in [0.29, 0.717) is 24.3 Å². The third kappa shape index (κ3) is 4.91. The second-order valence-corrected chi connectivity index (χ2v) is 6.11. The van der Waals surface area contributed by atoms with Crippen LogP contribution >= 0.6 is 15.9 Å². The molecule has 0 unspecified atom stereocenters. The van der Waals surface area contributed by atoms with Gasteiger partial charge in [0.1, 0.15) is 23.2 Å². The van der Waals surface area contributed by atoms with Gasteiger partial charge in [0, 0.05) is 16.5 Å². The number of nitrogens with zero attached hydrogens (tertiary/aromatic N) is 1. The van der Waals surface area contributed by atoms with Crippen molar-refractivity contribution in [3.63, 3.8) is 0 Å². The summed E-state index contributed by atoms with van der Waals surface area (Å²) in [5.74, 6) is -0.499. The van der Waals surface area contributed by atoms with Crippen LogP contribution in [0.1, 0.15) is 23.6 Å². The van der Waals surface area contributed by atoms with Gasteiger partial charge in [-0.05, 0) is 48.4 Å². The summed E-state index contributed by atoms with van der Waals surface area (Å²) in [6.07, 6.45) is 1.88. The maximum atomic E-state index is 13.4. The van der Waals surface area contributed by atoms with E-state index in [1.165, 1.54) is 18.2 Å². The van der Waals surface area contributed by atoms with E-state index >= 15 is 0 Å². The van der Waals surface area contributed by atoms with E-state index in [1.54, 1.807) is 24.3 Å². The van der Waals surface area contributed by atoms with E-state index in [0.717, 1.165) is 15.6 Å². The molecule has 0 saturated carbocycles. The van der Waals surface area contributed by atoms with Crippen LogP contribution in [0.5, 0.6) is 5.75 Å².